The van der Waals surface area contributed by atoms with Crippen LogP contribution in [0.25, 0.3) is 16.6 Å². The number of aromatic nitrogens is 4. The summed E-state index contributed by atoms with van der Waals surface area (Å²) in [5.74, 6) is -1.03. The summed E-state index contributed by atoms with van der Waals surface area (Å²) in [4.78, 5) is 25.9. The lowest BCUT2D eigenvalue weighted by molar-refractivity contribution is 0.623. The summed E-state index contributed by atoms with van der Waals surface area (Å²) in [5, 5.41) is 12.0. The molecule has 11 heteroatoms. The fourth-order valence-electron chi connectivity index (χ4n) is 3.55. The van der Waals surface area contributed by atoms with Crippen LogP contribution < -0.4 is 22.3 Å². The Morgan fingerprint density at radius 3 is 2.58 bits per heavy atom. The van der Waals surface area contributed by atoms with E-state index >= 15 is 0 Å². The number of hydrogen-bond donors (Lipinski definition) is 3. The number of benzene rings is 2. The van der Waals surface area contributed by atoms with Crippen LogP contribution in [-0.2, 0) is 0 Å². The molecule has 0 fully saturated rings. The van der Waals surface area contributed by atoms with Gasteiger partial charge in [-0.3, -0.25) is 9.36 Å². The van der Waals surface area contributed by atoms with Crippen molar-refractivity contribution in [2.45, 2.75) is 19.9 Å². The summed E-state index contributed by atoms with van der Waals surface area (Å²) in [6.45, 7) is 3.37. The van der Waals surface area contributed by atoms with E-state index in [0.29, 0.717) is 5.56 Å². The van der Waals surface area contributed by atoms with Gasteiger partial charge >= 0.3 is 0 Å². The number of halogens is 2. The summed E-state index contributed by atoms with van der Waals surface area (Å²) in [7, 11) is 0. The highest BCUT2D eigenvalue weighted by molar-refractivity contribution is 5.82. The minimum Gasteiger partial charge on any atom is -0.383 e. The molecule has 0 aliphatic heterocycles. The van der Waals surface area contributed by atoms with E-state index in [2.05, 4.69) is 20.3 Å². The number of nitrogens with one attached hydrogen (secondary N) is 1. The fraction of sp³-hybridized carbons (Fsp3) is 0.136. The van der Waals surface area contributed by atoms with Crippen molar-refractivity contribution in [3.05, 3.63) is 75.3 Å². The molecule has 0 amide bonds. The molecule has 0 unspecified atom stereocenters. The number of nitriles is 1. The Hall–Kier alpha value is -4.59. The van der Waals surface area contributed by atoms with Crippen molar-refractivity contribution in [2.24, 2.45) is 0 Å². The van der Waals surface area contributed by atoms with Gasteiger partial charge in [-0.2, -0.15) is 15.2 Å². The maximum Gasteiger partial charge on any atom is 0.269 e. The molecule has 2 heterocycles. The Morgan fingerprint density at radius 1 is 1.12 bits per heavy atom. The number of hydrogen-bond acceptors (Lipinski definition) is 8. The lowest BCUT2D eigenvalue weighted by Gasteiger charge is -2.21. The number of rotatable bonds is 4. The Labute approximate surface area is 186 Å². The lowest BCUT2D eigenvalue weighted by Crippen LogP contribution is -2.28. The predicted octanol–water partition coefficient (Wildman–Crippen LogP) is 2.97. The van der Waals surface area contributed by atoms with Crippen LogP contribution in [0.2, 0.25) is 0 Å². The Bertz CT molecular complexity index is 1490. The van der Waals surface area contributed by atoms with Crippen LogP contribution in [0.3, 0.4) is 0 Å². The highest BCUT2D eigenvalue weighted by atomic mass is 19.1. The van der Waals surface area contributed by atoms with E-state index in [1.807, 2.05) is 6.07 Å². The zero-order valence-electron chi connectivity index (χ0n) is 17.6. The molecular weight excluding hydrogens is 430 g/mol. The molecular formula is C22H18F2N8O. The molecule has 4 aromatic rings. The molecule has 2 aromatic heterocycles. The molecule has 2 aromatic carbocycles. The second-order valence-corrected chi connectivity index (χ2v) is 7.41. The molecule has 5 N–H and O–H groups in total. The zero-order chi connectivity index (χ0) is 23.9. The van der Waals surface area contributed by atoms with Gasteiger partial charge in [-0.15, -0.1) is 0 Å². The first-order chi connectivity index (χ1) is 15.7. The second kappa shape index (κ2) is 8.16. The van der Waals surface area contributed by atoms with E-state index in [0.717, 1.165) is 16.7 Å². The van der Waals surface area contributed by atoms with Crippen molar-refractivity contribution < 1.29 is 8.78 Å². The molecule has 0 radical (unpaired) electrons. The van der Waals surface area contributed by atoms with Crippen LogP contribution in [0.4, 0.5) is 26.4 Å². The Balaban J connectivity index is 2.01. The second-order valence-electron chi connectivity index (χ2n) is 7.41. The molecule has 0 saturated heterocycles. The topological polar surface area (TPSA) is 149 Å². The molecule has 1 atom stereocenters. The summed E-state index contributed by atoms with van der Waals surface area (Å²) in [6, 6.07) is 8.69. The average Bonchev–Trinajstić information content (AvgIpc) is 2.74. The van der Waals surface area contributed by atoms with E-state index in [9.17, 15) is 18.8 Å². The summed E-state index contributed by atoms with van der Waals surface area (Å²) in [6.07, 6.45) is 0. The van der Waals surface area contributed by atoms with Gasteiger partial charge in [0.25, 0.3) is 5.56 Å². The lowest BCUT2D eigenvalue weighted by atomic mass is 10.1. The fourth-order valence-corrected chi connectivity index (χ4v) is 3.55. The summed E-state index contributed by atoms with van der Waals surface area (Å²) in [5.41, 5.74) is 11.4. The zero-order valence-corrected chi connectivity index (χ0v) is 17.6. The highest BCUT2D eigenvalue weighted by Gasteiger charge is 2.22. The van der Waals surface area contributed by atoms with Crippen molar-refractivity contribution >= 4 is 28.5 Å². The van der Waals surface area contributed by atoms with Crippen LogP contribution in [0.1, 0.15) is 29.9 Å². The van der Waals surface area contributed by atoms with E-state index in [-0.39, 0.29) is 45.6 Å². The Kier molecular flexibility index (Phi) is 5.35. The largest absolute Gasteiger partial charge is 0.383 e. The van der Waals surface area contributed by atoms with Crippen molar-refractivity contribution in [2.75, 3.05) is 16.8 Å². The van der Waals surface area contributed by atoms with Crippen molar-refractivity contribution in [3.8, 4) is 11.8 Å². The van der Waals surface area contributed by atoms with Crippen molar-refractivity contribution in [1.29, 1.82) is 5.26 Å². The first-order valence-corrected chi connectivity index (χ1v) is 9.77. The smallest absolute Gasteiger partial charge is 0.269 e. The van der Waals surface area contributed by atoms with Gasteiger partial charge in [-0.25, -0.2) is 13.8 Å². The predicted molar refractivity (Wildman–Crippen MR) is 120 cm³/mol. The normalized spacial score (nSPS) is 11.8. The van der Waals surface area contributed by atoms with E-state index < -0.39 is 23.2 Å². The number of fused-ring (bicyclic) bond motifs is 1. The van der Waals surface area contributed by atoms with E-state index in [1.165, 1.54) is 24.3 Å². The van der Waals surface area contributed by atoms with Gasteiger partial charge in [0.15, 0.2) is 0 Å². The highest BCUT2D eigenvalue weighted by Crippen LogP contribution is 2.25. The van der Waals surface area contributed by atoms with Gasteiger partial charge in [0.1, 0.15) is 34.5 Å². The van der Waals surface area contributed by atoms with Crippen molar-refractivity contribution in [1.82, 2.24) is 19.5 Å². The van der Waals surface area contributed by atoms with Gasteiger partial charge < -0.3 is 16.8 Å². The number of aryl methyl sites for hydroxylation is 1. The summed E-state index contributed by atoms with van der Waals surface area (Å²) < 4.78 is 30.0. The number of anilines is 3. The third kappa shape index (κ3) is 4.01. The molecule has 0 bridgehead atoms. The monoisotopic (exact) mass is 448 g/mol. The summed E-state index contributed by atoms with van der Waals surface area (Å²) >= 11 is 0. The van der Waals surface area contributed by atoms with Gasteiger partial charge in [0.05, 0.1) is 28.9 Å². The standard InChI is InChI=1S/C22H18F2N8O/c1-10-3-4-15(24)18-19(10)31-20(11(2)28-17-8-16(26)29-22(27)30-17)32(21(18)33)14-6-12(9-25)5-13(23)7-14/h3-8,11H,1-2H3,(H5,26,27,28,29,30)/t11-/m0/s1. The van der Waals surface area contributed by atoms with Crippen LogP contribution in [0.15, 0.2) is 41.2 Å². The molecule has 166 valence electrons. The molecule has 0 aliphatic rings. The van der Waals surface area contributed by atoms with Crippen LogP contribution >= 0.6 is 0 Å². The minimum atomic E-state index is -0.762. The van der Waals surface area contributed by atoms with Gasteiger partial charge in [-0.1, -0.05) is 6.07 Å². The maximum absolute atomic E-state index is 14.7. The van der Waals surface area contributed by atoms with Crippen molar-refractivity contribution in [3.63, 3.8) is 0 Å². The minimum absolute atomic E-state index is 0.00961. The van der Waals surface area contributed by atoms with Crippen LogP contribution in [0.5, 0.6) is 0 Å². The molecule has 33 heavy (non-hydrogen) atoms. The van der Waals surface area contributed by atoms with Gasteiger partial charge in [-0.05, 0) is 43.7 Å². The SMILES string of the molecule is Cc1ccc(F)c2c(=O)n(-c3cc(F)cc(C#N)c3)c([C@H](C)Nc3cc(N)nc(N)n3)nc12. The van der Waals surface area contributed by atoms with E-state index in [4.69, 9.17) is 11.5 Å². The quantitative estimate of drug-likeness (QED) is 0.431. The maximum atomic E-state index is 14.7. The van der Waals surface area contributed by atoms with Gasteiger partial charge in [0, 0.05) is 6.07 Å². The molecule has 0 spiro atoms. The molecule has 4 rings (SSSR count). The first kappa shape index (κ1) is 21.6. The molecule has 0 saturated carbocycles. The number of nitrogen functional groups attached to an aromatic ring is 2. The van der Waals surface area contributed by atoms with Crippen LogP contribution in [0, 0.1) is 29.9 Å². The molecule has 9 nitrogen and oxygen atoms in total. The van der Waals surface area contributed by atoms with E-state index in [1.54, 1.807) is 13.8 Å². The third-order valence-corrected chi connectivity index (χ3v) is 4.99. The van der Waals surface area contributed by atoms with Crippen LogP contribution in [-0.4, -0.2) is 19.5 Å². The number of nitrogens with zero attached hydrogens (tertiary/aromatic N) is 5. The Morgan fingerprint density at radius 2 is 1.88 bits per heavy atom. The van der Waals surface area contributed by atoms with Gasteiger partial charge in [0.2, 0.25) is 5.95 Å². The molecule has 0 aliphatic carbocycles. The average molecular weight is 448 g/mol. The number of nitrogens with two attached hydrogens (primary N) is 2. The first-order valence-electron chi connectivity index (χ1n) is 9.77. The third-order valence-electron chi connectivity index (χ3n) is 4.99.